The van der Waals surface area contributed by atoms with Crippen molar-refractivity contribution in [2.45, 2.75) is 0 Å². The molecule has 0 aliphatic carbocycles. The number of amidine groups is 1. The van der Waals surface area contributed by atoms with E-state index >= 15 is 0 Å². The van der Waals surface area contributed by atoms with Crippen LogP contribution in [-0.2, 0) is 9.63 Å². The first kappa shape index (κ1) is 10.9. The summed E-state index contributed by atoms with van der Waals surface area (Å²) in [6.45, 7) is 0. The van der Waals surface area contributed by atoms with E-state index in [1.165, 1.54) is 5.01 Å². The van der Waals surface area contributed by atoms with Gasteiger partial charge in [0.05, 0.1) is 5.69 Å². The van der Waals surface area contributed by atoms with Crippen LogP contribution in [0.1, 0.15) is 0 Å². The van der Waals surface area contributed by atoms with Crippen molar-refractivity contribution in [3.63, 3.8) is 0 Å². The summed E-state index contributed by atoms with van der Waals surface area (Å²) in [5.41, 5.74) is 3.47. The summed E-state index contributed by atoms with van der Waals surface area (Å²) in [5.74, 6) is -0.546. The van der Waals surface area contributed by atoms with Gasteiger partial charge in [0.1, 0.15) is 0 Å². The average Bonchev–Trinajstić information content (AvgIpc) is 2.96. The number of hydrogen-bond acceptors (Lipinski definition) is 7. The highest BCUT2D eigenvalue weighted by Gasteiger charge is 2.34. The van der Waals surface area contributed by atoms with Gasteiger partial charge in [-0.3, -0.25) is 5.41 Å². The van der Waals surface area contributed by atoms with Crippen LogP contribution in [-0.4, -0.2) is 11.1 Å². The zero-order valence-corrected chi connectivity index (χ0v) is 9.77. The molecular weight excluding hydrogens is 254 g/mol. The molecule has 1 aromatic carbocycles. The number of benzene rings is 1. The molecule has 0 unspecified atom stereocenters. The molecule has 3 rings (SSSR count). The van der Waals surface area contributed by atoms with Crippen molar-refractivity contribution in [2.75, 3.05) is 5.01 Å². The van der Waals surface area contributed by atoms with E-state index in [1.807, 2.05) is 30.3 Å². The lowest BCUT2D eigenvalue weighted by molar-refractivity contribution is -0.140. The Balaban J connectivity index is 2.04. The van der Waals surface area contributed by atoms with Gasteiger partial charge in [-0.05, 0) is 23.9 Å². The minimum Gasteiger partial charge on any atom is -0.345 e. The van der Waals surface area contributed by atoms with Crippen LogP contribution in [0.5, 0.6) is 0 Å². The van der Waals surface area contributed by atoms with Crippen LogP contribution in [0.15, 0.2) is 51.3 Å². The Kier molecular flexibility index (Phi) is 2.58. The van der Waals surface area contributed by atoms with Crippen molar-refractivity contribution in [3.8, 4) is 0 Å². The van der Waals surface area contributed by atoms with E-state index in [2.05, 4.69) is 15.8 Å². The molecule has 2 aliphatic heterocycles. The Bertz CT molecular complexity index is 583. The first-order valence-corrected chi connectivity index (χ1v) is 5.82. The van der Waals surface area contributed by atoms with Gasteiger partial charge in [-0.15, -0.1) is 10.2 Å². The monoisotopic (exact) mass is 261 g/mol. The Morgan fingerprint density at radius 2 is 2.06 bits per heavy atom. The maximum Gasteiger partial charge on any atom is 0.379 e. The predicted octanol–water partition coefficient (Wildman–Crippen LogP) is 1.77. The third-order valence-electron chi connectivity index (χ3n) is 2.29. The van der Waals surface area contributed by atoms with E-state index in [-0.39, 0.29) is 10.9 Å². The van der Waals surface area contributed by atoms with Crippen LogP contribution < -0.4 is 10.6 Å². The van der Waals surface area contributed by atoms with Gasteiger partial charge >= 0.3 is 5.97 Å². The van der Waals surface area contributed by atoms with Crippen molar-refractivity contribution in [1.82, 2.24) is 5.59 Å². The number of thioether (sulfide) groups is 1. The Labute approximate surface area is 106 Å². The second kappa shape index (κ2) is 4.24. The molecule has 1 aromatic rings. The van der Waals surface area contributed by atoms with Gasteiger partial charge in [0, 0.05) is 0 Å². The average molecular weight is 261 g/mol. The standard InChI is InChI=1S/C10H7N5O2S/c11-10-13-12-8(18-10)7-9(16)17-14-15(7)6-4-2-1-3-5-6/h1-5,11,14H. The summed E-state index contributed by atoms with van der Waals surface area (Å²) in [4.78, 5) is 16.5. The summed E-state index contributed by atoms with van der Waals surface area (Å²) >= 11 is 1.01. The normalized spacial score (nSPS) is 22.8. The highest BCUT2D eigenvalue weighted by atomic mass is 32.2. The molecule has 0 atom stereocenters. The van der Waals surface area contributed by atoms with Gasteiger partial charge in [0.25, 0.3) is 0 Å². The molecule has 1 fully saturated rings. The van der Waals surface area contributed by atoms with E-state index in [0.717, 1.165) is 17.4 Å². The lowest BCUT2D eigenvalue weighted by Crippen LogP contribution is -2.28. The third-order valence-corrected chi connectivity index (χ3v) is 3.03. The van der Waals surface area contributed by atoms with Gasteiger partial charge in [0.15, 0.2) is 10.7 Å². The first-order chi connectivity index (χ1) is 8.75. The second-order valence-corrected chi connectivity index (χ2v) is 4.39. The number of nitrogens with zero attached hydrogens (tertiary/aromatic N) is 3. The number of para-hydroxylation sites is 1. The molecule has 2 N–H and O–H groups in total. The zero-order chi connectivity index (χ0) is 12.5. The van der Waals surface area contributed by atoms with Crippen molar-refractivity contribution >= 4 is 28.6 Å². The summed E-state index contributed by atoms with van der Waals surface area (Å²) in [5, 5.41) is 16.6. The molecule has 0 aromatic heterocycles. The van der Waals surface area contributed by atoms with Crippen LogP contribution in [0, 0.1) is 5.41 Å². The molecule has 0 amide bonds. The second-order valence-electron chi connectivity index (χ2n) is 3.41. The fraction of sp³-hybridized carbons (Fsp3) is 0. The minimum absolute atomic E-state index is 0.0465. The van der Waals surface area contributed by atoms with Crippen LogP contribution in [0.4, 0.5) is 5.69 Å². The van der Waals surface area contributed by atoms with Crippen molar-refractivity contribution < 1.29 is 9.63 Å². The Hall–Kier alpha value is -2.19. The highest BCUT2D eigenvalue weighted by Crippen LogP contribution is 2.34. The van der Waals surface area contributed by atoms with Crippen LogP contribution >= 0.6 is 11.8 Å². The van der Waals surface area contributed by atoms with Crippen LogP contribution in [0.2, 0.25) is 0 Å². The minimum atomic E-state index is -0.546. The number of rotatable bonds is 1. The van der Waals surface area contributed by atoms with Gasteiger partial charge in [-0.25, -0.2) is 9.80 Å². The summed E-state index contributed by atoms with van der Waals surface area (Å²) in [7, 11) is 0. The van der Waals surface area contributed by atoms with Crippen molar-refractivity contribution in [3.05, 3.63) is 41.1 Å². The van der Waals surface area contributed by atoms with Crippen LogP contribution in [0.3, 0.4) is 0 Å². The van der Waals surface area contributed by atoms with Gasteiger partial charge < -0.3 is 4.84 Å². The van der Waals surface area contributed by atoms with Crippen molar-refractivity contribution in [2.24, 2.45) is 10.2 Å². The molecule has 2 heterocycles. The number of hydrogen-bond donors (Lipinski definition) is 2. The van der Waals surface area contributed by atoms with Gasteiger partial charge in [-0.2, -0.15) is 0 Å². The predicted molar refractivity (Wildman–Crippen MR) is 65.3 cm³/mol. The van der Waals surface area contributed by atoms with E-state index in [0.29, 0.717) is 5.03 Å². The third kappa shape index (κ3) is 1.77. The number of azo groups is 1. The highest BCUT2D eigenvalue weighted by molar-refractivity contribution is 8.17. The van der Waals surface area contributed by atoms with Crippen LogP contribution in [0.25, 0.3) is 0 Å². The summed E-state index contributed by atoms with van der Waals surface area (Å²) in [6, 6.07) is 9.19. The van der Waals surface area contributed by atoms with E-state index in [9.17, 15) is 4.79 Å². The Morgan fingerprint density at radius 3 is 2.72 bits per heavy atom. The maximum atomic E-state index is 11.7. The maximum absolute atomic E-state index is 11.7. The van der Waals surface area contributed by atoms with E-state index in [1.54, 1.807) is 0 Å². The quantitative estimate of drug-likeness (QED) is 0.752. The molecule has 0 spiro atoms. The van der Waals surface area contributed by atoms with Crippen molar-refractivity contribution in [1.29, 1.82) is 5.41 Å². The molecule has 18 heavy (non-hydrogen) atoms. The molecule has 0 bridgehead atoms. The molecule has 7 nitrogen and oxygen atoms in total. The topological polar surface area (TPSA) is 90.1 Å². The number of carbonyl (C=O) groups excluding carboxylic acids is 1. The number of nitrogens with one attached hydrogen (secondary N) is 2. The Morgan fingerprint density at radius 1 is 1.28 bits per heavy atom. The number of anilines is 1. The molecule has 8 heteroatoms. The lowest BCUT2D eigenvalue weighted by Gasteiger charge is -2.15. The fourth-order valence-electron chi connectivity index (χ4n) is 1.53. The molecular formula is C10H7N5O2S. The van der Waals surface area contributed by atoms with E-state index < -0.39 is 5.97 Å². The molecule has 90 valence electrons. The molecule has 0 radical (unpaired) electrons. The largest absolute Gasteiger partial charge is 0.379 e. The molecule has 2 aliphatic rings. The van der Waals surface area contributed by atoms with Gasteiger partial charge in [-0.1, -0.05) is 23.8 Å². The first-order valence-electron chi connectivity index (χ1n) is 5.00. The SMILES string of the molecule is N=C1N=NC(=C2C(=O)ONN2c2ccccc2)S1. The number of hydrazine groups is 1. The summed E-state index contributed by atoms with van der Waals surface area (Å²) in [6.07, 6.45) is 0. The zero-order valence-electron chi connectivity index (χ0n) is 8.95. The summed E-state index contributed by atoms with van der Waals surface area (Å²) < 4.78 is 0. The van der Waals surface area contributed by atoms with Gasteiger partial charge in [0.2, 0.25) is 5.17 Å². The lowest BCUT2D eigenvalue weighted by atomic mass is 10.3. The van der Waals surface area contributed by atoms with E-state index in [4.69, 9.17) is 10.2 Å². The fourth-order valence-corrected chi connectivity index (χ4v) is 2.15. The number of carbonyl (C=O) groups is 1. The molecule has 1 saturated heterocycles. The smallest absolute Gasteiger partial charge is 0.345 e. The molecule has 0 saturated carbocycles.